The summed E-state index contributed by atoms with van der Waals surface area (Å²) in [5.41, 5.74) is 4.37. The Balaban J connectivity index is 1.64. The maximum absolute atomic E-state index is 13.9. The molecule has 1 amide bonds. The summed E-state index contributed by atoms with van der Waals surface area (Å²) in [6, 6.07) is 20.8. The van der Waals surface area contributed by atoms with Crippen LogP contribution in [0.1, 0.15) is 70.6 Å². The van der Waals surface area contributed by atoms with E-state index >= 15 is 0 Å². The fourth-order valence-corrected chi connectivity index (χ4v) is 5.12. The topological polar surface area (TPSA) is 59.8 Å². The van der Waals surface area contributed by atoms with E-state index < -0.39 is 6.04 Å². The molecule has 0 spiro atoms. The lowest BCUT2D eigenvalue weighted by Gasteiger charge is -2.25. The van der Waals surface area contributed by atoms with Crippen LogP contribution in [-0.4, -0.2) is 17.4 Å². The molecule has 5 nitrogen and oxygen atoms in total. The van der Waals surface area contributed by atoms with Crippen LogP contribution >= 0.6 is 0 Å². The quantitative estimate of drug-likeness (QED) is 0.262. The van der Waals surface area contributed by atoms with Gasteiger partial charge < -0.3 is 14.1 Å². The molecule has 184 valence electrons. The molecule has 1 aliphatic rings. The van der Waals surface area contributed by atoms with Crippen molar-refractivity contribution in [1.82, 2.24) is 4.90 Å². The van der Waals surface area contributed by atoms with Gasteiger partial charge in [-0.25, -0.2) is 0 Å². The van der Waals surface area contributed by atoms with Gasteiger partial charge in [0.25, 0.3) is 5.91 Å². The van der Waals surface area contributed by atoms with Crippen molar-refractivity contribution >= 4 is 16.9 Å². The normalized spacial score (nSPS) is 14.9. The Labute approximate surface area is 211 Å². The number of carbonyl (C=O) groups excluding carboxylic acids is 1. The van der Waals surface area contributed by atoms with Gasteiger partial charge in [-0.05, 0) is 60.7 Å². The highest BCUT2D eigenvalue weighted by Crippen LogP contribution is 2.40. The lowest BCUT2D eigenvalue weighted by Crippen LogP contribution is -2.29. The second-order valence-corrected chi connectivity index (χ2v) is 9.58. The maximum Gasteiger partial charge on any atom is 0.291 e. The molecule has 0 saturated carbocycles. The summed E-state index contributed by atoms with van der Waals surface area (Å²) in [4.78, 5) is 29.4. The van der Waals surface area contributed by atoms with Crippen LogP contribution in [0.2, 0.25) is 0 Å². The molecule has 1 aliphatic heterocycles. The van der Waals surface area contributed by atoms with Crippen LogP contribution in [-0.2, 0) is 6.54 Å². The number of carbonyl (C=O) groups is 1. The lowest BCUT2D eigenvalue weighted by atomic mass is 9.96. The third kappa shape index (κ3) is 4.41. The lowest BCUT2D eigenvalue weighted by molar-refractivity contribution is 0.0714. The van der Waals surface area contributed by atoms with E-state index in [1.165, 1.54) is 0 Å². The highest BCUT2D eigenvalue weighted by molar-refractivity contribution is 5.99. The zero-order chi connectivity index (χ0) is 25.2. The number of benzene rings is 3. The Hall–Kier alpha value is -3.86. The van der Waals surface area contributed by atoms with E-state index in [-0.39, 0.29) is 17.1 Å². The first kappa shape index (κ1) is 23.9. The summed E-state index contributed by atoms with van der Waals surface area (Å²) in [5, 5.41) is 0.533. The molecule has 36 heavy (non-hydrogen) atoms. The SMILES string of the molecule is CCCCCOc1cccc(C2c3c(oc4cc(C)cc(C)c4c3=O)C(=O)N2Cc2ccccc2)c1. The van der Waals surface area contributed by atoms with Gasteiger partial charge >= 0.3 is 0 Å². The van der Waals surface area contributed by atoms with E-state index in [1.807, 2.05) is 80.6 Å². The van der Waals surface area contributed by atoms with Gasteiger partial charge in [-0.2, -0.15) is 0 Å². The fourth-order valence-electron chi connectivity index (χ4n) is 5.12. The second kappa shape index (κ2) is 10.0. The van der Waals surface area contributed by atoms with Crippen LogP contribution in [0.25, 0.3) is 11.0 Å². The summed E-state index contributed by atoms with van der Waals surface area (Å²) < 4.78 is 12.2. The molecule has 5 heteroatoms. The van der Waals surface area contributed by atoms with Crippen LogP contribution in [0.3, 0.4) is 0 Å². The van der Waals surface area contributed by atoms with Gasteiger partial charge in [-0.3, -0.25) is 9.59 Å². The number of nitrogens with zero attached hydrogens (tertiary/aromatic N) is 1. The van der Waals surface area contributed by atoms with E-state index in [4.69, 9.17) is 9.15 Å². The average molecular weight is 482 g/mol. The number of hydrogen-bond acceptors (Lipinski definition) is 4. The molecule has 0 saturated heterocycles. The predicted molar refractivity (Wildman–Crippen MR) is 142 cm³/mol. The first-order valence-electron chi connectivity index (χ1n) is 12.6. The number of fused-ring (bicyclic) bond motifs is 2. The van der Waals surface area contributed by atoms with Crippen molar-refractivity contribution in [2.75, 3.05) is 6.61 Å². The second-order valence-electron chi connectivity index (χ2n) is 9.58. The van der Waals surface area contributed by atoms with Crippen LogP contribution < -0.4 is 10.2 Å². The molecule has 1 unspecified atom stereocenters. The molecular weight excluding hydrogens is 450 g/mol. The standard InChI is InChI=1S/C31H31NO4/c1-4-5-9-15-35-24-14-10-13-23(18-24)28-27-29(33)26-21(3)16-20(2)17-25(26)36-30(27)31(34)32(28)19-22-11-7-6-8-12-22/h6-8,10-14,16-18,28H,4-5,9,15,19H2,1-3H3. The molecule has 1 atom stereocenters. The Morgan fingerprint density at radius 1 is 0.944 bits per heavy atom. The average Bonchev–Trinajstić information content (AvgIpc) is 3.14. The van der Waals surface area contributed by atoms with Gasteiger partial charge in [0, 0.05) is 6.54 Å². The van der Waals surface area contributed by atoms with Gasteiger partial charge in [-0.1, -0.05) is 68.3 Å². The van der Waals surface area contributed by atoms with Gasteiger partial charge in [0.1, 0.15) is 11.3 Å². The highest BCUT2D eigenvalue weighted by Gasteiger charge is 2.43. The summed E-state index contributed by atoms with van der Waals surface area (Å²) in [6.45, 7) is 7.03. The molecular formula is C31H31NO4. The first-order valence-corrected chi connectivity index (χ1v) is 12.6. The number of rotatable bonds is 8. The van der Waals surface area contributed by atoms with Crippen LogP contribution in [0.5, 0.6) is 5.75 Å². The minimum atomic E-state index is -0.562. The number of hydrogen-bond donors (Lipinski definition) is 0. The molecule has 5 rings (SSSR count). The molecule has 4 aromatic rings. The van der Waals surface area contributed by atoms with E-state index in [0.29, 0.717) is 29.7 Å². The van der Waals surface area contributed by atoms with Crippen LogP contribution in [0.4, 0.5) is 0 Å². The monoisotopic (exact) mass is 481 g/mol. The van der Waals surface area contributed by atoms with Crippen LogP contribution in [0.15, 0.2) is 75.9 Å². The van der Waals surface area contributed by atoms with Gasteiger partial charge in [-0.15, -0.1) is 0 Å². The number of ether oxygens (including phenoxy) is 1. The summed E-state index contributed by atoms with van der Waals surface area (Å²) in [6.07, 6.45) is 3.23. The first-order chi connectivity index (χ1) is 17.5. The zero-order valence-corrected chi connectivity index (χ0v) is 21.0. The summed E-state index contributed by atoms with van der Waals surface area (Å²) in [7, 11) is 0. The van der Waals surface area contributed by atoms with E-state index in [2.05, 4.69) is 6.92 Å². The minimum absolute atomic E-state index is 0.132. The molecule has 0 aliphatic carbocycles. The number of unbranched alkanes of at least 4 members (excludes halogenated alkanes) is 2. The van der Waals surface area contributed by atoms with E-state index in [0.717, 1.165) is 47.3 Å². The molecule has 0 N–H and O–H groups in total. The van der Waals surface area contributed by atoms with Crippen molar-refractivity contribution in [3.63, 3.8) is 0 Å². The highest BCUT2D eigenvalue weighted by atomic mass is 16.5. The van der Waals surface area contributed by atoms with Crippen molar-refractivity contribution in [2.45, 2.75) is 52.6 Å². The summed E-state index contributed by atoms with van der Waals surface area (Å²) in [5.74, 6) is 0.597. The van der Waals surface area contributed by atoms with Gasteiger partial charge in [0.15, 0.2) is 5.43 Å². The van der Waals surface area contributed by atoms with Gasteiger partial charge in [0.05, 0.1) is 23.6 Å². The fraction of sp³-hybridized carbons (Fsp3) is 0.290. The van der Waals surface area contributed by atoms with Crippen molar-refractivity contribution in [2.24, 2.45) is 0 Å². The minimum Gasteiger partial charge on any atom is -0.494 e. The maximum atomic E-state index is 13.9. The van der Waals surface area contributed by atoms with E-state index in [1.54, 1.807) is 4.90 Å². The third-order valence-electron chi connectivity index (χ3n) is 6.80. The van der Waals surface area contributed by atoms with Crippen molar-refractivity contribution in [1.29, 1.82) is 0 Å². The zero-order valence-electron chi connectivity index (χ0n) is 21.0. The Kier molecular flexibility index (Phi) is 6.64. The Morgan fingerprint density at radius 2 is 1.75 bits per heavy atom. The molecule has 2 heterocycles. The molecule has 0 radical (unpaired) electrons. The molecule has 0 fully saturated rings. The molecule has 1 aromatic heterocycles. The third-order valence-corrected chi connectivity index (χ3v) is 6.80. The van der Waals surface area contributed by atoms with Crippen molar-refractivity contribution in [3.05, 3.63) is 111 Å². The summed E-state index contributed by atoms with van der Waals surface area (Å²) >= 11 is 0. The van der Waals surface area contributed by atoms with Crippen LogP contribution in [0, 0.1) is 13.8 Å². The molecule has 3 aromatic carbocycles. The van der Waals surface area contributed by atoms with E-state index in [9.17, 15) is 9.59 Å². The number of amides is 1. The Morgan fingerprint density at radius 3 is 2.53 bits per heavy atom. The number of aryl methyl sites for hydroxylation is 2. The Bertz CT molecular complexity index is 1470. The predicted octanol–water partition coefficient (Wildman–Crippen LogP) is 6.72. The largest absolute Gasteiger partial charge is 0.494 e. The smallest absolute Gasteiger partial charge is 0.291 e. The van der Waals surface area contributed by atoms with Crippen molar-refractivity contribution < 1.29 is 13.9 Å². The molecule has 0 bridgehead atoms. The van der Waals surface area contributed by atoms with Gasteiger partial charge in [0.2, 0.25) is 5.76 Å². The van der Waals surface area contributed by atoms with Crippen molar-refractivity contribution in [3.8, 4) is 5.75 Å².